The Balaban J connectivity index is 1.68. The molecule has 2 N–H and O–H groups in total. The molecule has 0 aliphatic heterocycles. The number of sulfone groups is 1. The van der Waals surface area contributed by atoms with Crippen LogP contribution in [0.3, 0.4) is 0 Å². The number of benzene rings is 1. The van der Waals surface area contributed by atoms with Gasteiger partial charge < -0.3 is 10.2 Å². The number of hydrogen-bond acceptors (Lipinski definition) is 9. The van der Waals surface area contributed by atoms with Gasteiger partial charge in [0.25, 0.3) is 9.84 Å². The van der Waals surface area contributed by atoms with E-state index in [9.17, 15) is 31.5 Å². The summed E-state index contributed by atoms with van der Waals surface area (Å²) in [6, 6.07) is 4.04. The number of nitrogens with zero attached hydrogens (tertiary/aromatic N) is 2. The fourth-order valence-corrected chi connectivity index (χ4v) is 5.54. The predicted octanol–water partition coefficient (Wildman–Crippen LogP) is 3.33. The largest absolute Gasteiger partial charge is 0.501 e. The summed E-state index contributed by atoms with van der Waals surface area (Å²) in [7, 11) is -5.43. The average Bonchev–Trinajstić information content (AvgIpc) is 3.38. The Morgan fingerprint density at radius 1 is 1.03 bits per heavy atom. The summed E-state index contributed by atoms with van der Waals surface area (Å²) < 4.78 is 60.7. The molecule has 33 heavy (non-hydrogen) atoms. The quantitative estimate of drug-likeness (QED) is 0.421. The molecule has 2 heterocycles. The lowest BCUT2D eigenvalue weighted by Gasteiger charge is -2.08. The molecule has 0 aliphatic rings. The number of halogens is 3. The number of ketones is 1. The molecule has 0 radical (unpaired) electrons. The van der Waals surface area contributed by atoms with Gasteiger partial charge in [-0.2, -0.15) is 13.2 Å². The predicted molar refractivity (Wildman–Crippen MR) is 117 cm³/mol. The smallest absolute Gasteiger partial charge is 0.396 e. The minimum absolute atomic E-state index is 0.00486. The number of aryl methyl sites for hydroxylation is 1. The molecule has 0 aliphatic carbocycles. The number of carbonyl (C=O) groups excluding carboxylic acids is 1. The number of alkyl halides is 3. The van der Waals surface area contributed by atoms with Crippen LogP contribution >= 0.6 is 22.7 Å². The molecule has 0 unspecified atom stereocenters. The Hall–Kier alpha value is -2.19. The Morgan fingerprint density at radius 2 is 1.73 bits per heavy atom. The van der Waals surface area contributed by atoms with E-state index in [4.69, 9.17) is 5.11 Å². The van der Waals surface area contributed by atoms with Crippen molar-refractivity contribution in [2.24, 2.45) is 0 Å². The molecule has 0 bridgehead atoms. The fourth-order valence-electron chi connectivity index (χ4n) is 2.96. The fraction of sp³-hybridized carbons (Fsp3) is 0.350. The lowest BCUT2D eigenvalue weighted by molar-refractivity contribution is -0.117. The first-order valence-corrected chi connectivity index (χ1v) is 12.8. The van der Waals surface area contributed by atoms with Gasteiger partial charge in [0.1, 0.15) is 15.8 Å². The molecule has 0 spiro atoms. The van der Waals surface area contributed by atoms with E-state index in [0.717, 1.165) is 22.7 Å². The minimum atomic E-state index is -5.43. The lowest BCUT2D eigenvalue weighted by Crippen LogP contribution is -2.23. The van der Waals surface area contributed by atoms with E-state index < -0.39 is 20.2 Å². The highest BCUT2D eigenvalue weighted by molar-refractivity contribution is 7.92. The molecular weight excluding hydrogens is 501 g/mol. The van der Waals surface area contributed by atoms with Gasteiger partial charge in [-0.3, -0.25) is 4.79 Å². The molecule has 3 aromatic rings. The summed E-state index contributed by atoms with van der Waals surface area (Å²) in [6.45, 7) is -0.208. The third kappa shape index (κ3) is 6.03. The number of aliphatic hydroxyl groups excluding tert-OH is 2. The van der Waals surface area contributed by atoms with Gasteiger partial charge in [-0.1, -0.05) is 12.1 Å². The number of aliphatic hydroxyl groups is 2. The van der Waals surface area contributed by atoms with Crippen LogP contribution in [0.5, 0.6) is 0 Å². The normalized spacial score (nSPS) is 12.3. The van der Waals surface area contributed by atoms with Gasteiger partial charge >= 0.3 is 5.51 Å². The summed E-state index contributed by atoms with van der Waals surface area (Å²) in [5.74, 6) is -0.233. The number of rotatable bonds is 10. The van der Waals surface area contributed by atoms with Crippen molar-refractivity contribution in [1.29, 1.82) is 0 Å². The SMILES string of the molecule is O=C(Cc1ccc(S(=O)(=O)C(F)(F)F)cc1)Cc1nc(-c2sc(CO)nc2CCCO)cs1. The zero-order chi connectivity index (χ0) is 24.2. The van der Waals surface area contributed by atoms with Crippen LogP contribution in [0.2, 0.25) is 0 Å². The van der Waals surface area contributed by atoms with Gasteiger partial charge in [-0.05, 0) is 30.5 Å². The second kappa shape index (κ2) is 10.4. The van der Waals surface area contributed by atoms with E-state index in [1.54, 1.807) is 5.38 Å². The second-order valence-corrected chi connectivity index (χ2v) is 10.9. The van der Waals surface area contributed by atoms with Crippen molar-refractivity contribution >= 4 is 38.3 Å². The molecule has 0 saturated heterocycles. The van der Waals surface area contributed by atoms with Crippen molar-refractivity contribution in [3.63, 3.8) is 0 Å². The van der Waals surface area contributed by atoms with E-state index in [1.165, 1.54) is 34.8 Å². The van der Waals surface area contributed by atoms with Crippen LogP contribution in [0.25, 0.3) is 10.6 Å². The second-order valence-electron chi connectivity index (χ2n) is 6.98. The molecule has 178 valence electrons. The maximum absolute atomic E-state index is 12.6. The van der Waals surface area contributed by atoms with Crippen molar-refractivity contribution in [1.82, 2.24) is 9.97 Å². The third-order valence-corrected chi connectivity index (χ3v) is 7.98. The van der Waals surface area contributed by atoms with Crippen LogP contribution in [0.1, 0.15) is 27.7 Å². The summed E-state index contributed by atoms with van der Waals surface area (Å²) in [4.78, 5) is 21.1. The van der Waals surface area contributed by atoms with Crippen molar-refractivity contribution < 1.29 is 36.6 Å². The van der Waals surface area contributed by atoms with Gasteiger partial charge in [0.2, 0.25) is 0 Å². The molecule has 0 saturated carbocycles. The number of Topliss-reactive ketones (excluding diaryl/α,β-unsaturated/α-hetero) is 1. The van der Waals surface area contributed by atoms with Crippen LogP contribution < -0.4 is 0 Å². The van der Waals surface area contributed by atoms with Gasteiger partial charge in [0.15, 0.2) is 0 Å². The third-order valence-electron chi connectivity index (χ3n) is 4.52. The maximum atomic E-state index is 12.6. The van der Waals surface area contributed by atoms with Crippen LogP contribution in [-0.2, 0) is 40.5 Å². The molecule has 13 heteroatoms. The van der Waals surface area contributed by atoms with Crippen molar-refractivity contribution in [3.8, 4) is 10.6 Å². The Labute approximate surface area is 195 Å². The van der Waals surface area contributed by atoms with Gasteiger partial charge in [0.05, 0.1) is 34.2 Å². The Kier molecular flexibility index (Phi) is 8.00. The van der Waals surface area contributed by atoms with Gasteiger partial charge in [-0.25, -0.2) is 18.4 Å². The van der Waals surface area contributed by atoms with Crippen molar-refractivity contribution in [3.05, 3.63) is 50.9 Å². The molecule has 0 fully saturated rings. The van der Waals surface area contributed by atoms with Crippen LogP contribution in [0.4, 0.5) is 13.2 Å². The molecule has 1 aromatic carbocycles. The number of thiazole rings is 2. The van der Waals surface area contributed by atoms with Crippen molar-refractivity contribution in [2.45, 2.75) is 42.7 Å². The average molecular weight is 521 g/mol. The number of aromatic nitrogens is 2. The van der Waals surface area contributed by atoms with E-state index in [-0.39, 0.29) is 31.8 Å². The molecule has 7 nitrogen and oxygen atoms in total. The van der Waals surface area contributed by atoms with E-state index in [1.807, 2.05) is 0 Å². The Morgan fingerprint density at radius 3 is 2.33 bits per heavy atom. The first kappa shape index (κ1) is 25.4. The van der Waals surface area contributed by atoms with Gasteiger partial charge in [-0.15, -0.1) is 22.7 Å². The maximum Gasteiger partial charge on any atom is 0.501 e. The molecule has 0 amide bonds. The topological polar surface area (TPSA) is 117 Å². The highest BCUT2D eigenvalue weighted by Crippen LogP contribution is 2.33. The summed E-state index contributed by atoms with van der Waals surface area (Å²) in [5, 5.41) is 21.3. The van der Waals surface area contributed by atoms with Crippen molar-refractivity contribution in [2.75, 3.05) is 6.61 Å². The highest BCUT2D eigenvalue weighted by atomic mass is 32.2. The molecule has 0 atom stereocenters. The first-order chi connectivity index (χ1) is 15.5. The summed E-state index contributed by atoms with van der Waals surface area (Å²) in [6.07, 6.45) is 0.956. The van der Waals surface area contributed by atoms with E-state index in [2.05, 4.69) is 9.97 Å². The van der Waals surface area contributed by atoms with Crippen LogP contribution in [0, 0.1) is 0 Å². The lowest BCUT2D eigenvalue weighted by atomic mass is 10.1. The van der Waals surface area contributed by atoms with E-state index >= 15 is 0 Å². The van der Waals surface area contributed by atoms with Crippen LogP contribution in [-0.4, -0.2) is 46.5 Å². The highest BCUT2D eigenvalue weighted by Gasteiger charge is 2.46. The zero-order valence-electron chi connectivity index (χ0n) is 17.0. The summed E-state index contributed by atoms with van der Waals surface area (Å²) in [5.41, 5.74) is -3.66. The summed E-state index contributed by atoms with van der Waals surface area (Å²) >= 11 is 2.56. The molecule has 3 rings (SSSR count). The standard InChI is InChI=1S/C20H19F3N2O5S3/c21-20(22,23)33(29,30)14-5-3-12(4-6-14)8-13(28)9-17-25-16(11-31-17)19-15(2-1-7-26)24-18(10-27)32-19/h3-6,11,26-27H,1-2,7-10H2. The minimum Gasteiger partial charge on any atom is -0.396 e. The number of hydrogen-bond donors (Lipinski definition) is 2. The number of carbonyl (C=O) groups is 1. The monoisotopic (exact) mass is 520 g/mol. The van der Waals surface area contributed by atoms with Gasteiger partial charge in [0, 0.05) is 18.4 Å². The van der Waals surface area contributed by atoms with E-state index in [0.29, 0.717) is 34.1 Å². The molecular formula is C20H19F3N2O5S3. The Bertz CT molecular complexity index is 1220. The molecule has 2 aromatic heterocycles. The van der Waals surface area contributed by atoms with Crippen LogP contribution in [0.15, 0.2) is 34.5 Å². The zero-order valence-corrected chi connectivity index (χ0v) is 19.5. The first-order valence-electron chi connectivity index (χ1n) is 9.62.